The van der Waals surface area contributed by atoms with E-state index in [-0.39, 0.29) is 35.5 Å². The van der Waals surface area contributed by atoms with Gasteiger partial charge in [0.15, 0.2) is 0 Å². The topological polar surface area (TPSA) is 159 Å². The number of nitrogens with one attached hydrogen (secondary N) is 2. The molecule has 49 heavy (non-hydrogen) atoms. The number of likely N-dealkylation sites (N-methyl/N-ethyl adjacent to an activating group) is 2. The van der Waals surface area contributed by atoms with E-state index < -0.39 is 43.5 Å². The number of aromatic nitrogens is 1. The second kappa shape index (κ2) is 14.8. The standard InChI is InChI=1S/C33H41F2N6O7P/c1-20(42)40-14-13-24-8-12-29(32(45)39(4)23-6-9-25(10-7-23)48-16-15-38(2)3)41(24)31(44)28(19-40)37-30(43)27-18-21-17-22(5-11-26(21)36-27)33(34,35)49(46)47/h5-7,9-11,17-18,24,28-29,36,46-47H,8,12-16,19H2,1-4H3,(H,37,43)/t24-,28+,29+/m1/s1. The van der Waals surface area contributed by atoms with Crippen molar-refractivity contribution in [3.8, 4) is 5.75 Å². The van der Waals surface area contributed by atoms with Gasteiger partial charge in [-0.25, -0.2) is 0 Å². The van der Waals surface area contributed by atoms with Crippen LogP contribution in [0.3, 0.4) is 0 Å². The van der Waals surface area contributed by atoms with Gasteiger partial charge >= 0.3 is 5.66 Å². The molecule has 4 amide bonds. The lowest BCUT2D eigenvalue weighted by atomic mass is 10.1. The Kier molecular flexibility index (Phi) is 10.9. The molecule has 0 radical (unpaired) electrons. The van der Waals surface area contributed by atoms with Crippen LogP contribution in [0.4, 0.5) is 14.5 Å². The van der Waals surface area contributed by atoms with Crippen molar-refractivity contribution in [3.05, 3.63) is 59.8 Å². The molecule has 2 saturated heterocycles. The molecule has 3 heterocycles. The molecule has 1 aromatic heterocycles. The van der Waals surface area contributed by atoms with E-state index in [9.17, 15) is 37.7 Å². The molecule has 2 aliphatic rings. The molecule has 3 aromatic rings. The summed E-state index contributed by atoms with van der Waals surface area (Å²) in [6.07, 6.45) is 1.42. The predicted octanol–water partition coefficient (Wildman–Crippen LogP) is 2.83. The van der Waals surface area contributed by atoms with Gasteiger partial charge in [0.25, 0.3) is 5.91 Å². The Hall–Kier alpha value is -4.17. The number of anilines is 1. The number of carbonyl (C=O) groups excluding carboxylic acids is 4. The van der Waals surface area contributed by atoms with Gasteiger partial charge in [0.2, 0.25) is 26.1 Å². The highest BCUT2D eigenvalue weighted by Gasteiger charge is 2.46. The van der Waals surface area contributed by atoms with E-state index in [0.717, 1.165) is 18.7 Å². The Morgan fingerprint density at radius 1 is 1.06 bits per heavy atom. The normalized spacial score (nSPS) is 20.0. The van der Waals surface area contributed by atoms with Gasteiger partial charge in [-0.3, -0.25) is 19.2 Å². The molecule has 0 saturated carbocycles. The van der Waals surface area contributed by atoms with E-state index in [1.165, 1.54) is 28.9 Å². The third-order valence-electron chi connectivity index (χ3n) is 9.05. The van der Waals surface area contributed by atoms with Gasteiger partial charge in [0, 0.05) is 61.8 Å². The van der Waals surface area contributed by atoms with Crippen LogP contribution in [0.5, 0.6) is 5.75 Å². The third-order valence-corrected chi connectivity index (χ3v) is 9.81. The molecule has 4 N–H and O–H groups in total. The Morgan fingerprint density at radius 2 is 1.78 bits per heavy atom. The molecule has 2 aromatic carbocycles. The summed E-state index contributed by atoms with van der Waals surface area (Å²) < 4.78 is 34.3. The maximum absolute atomic E-state index is 14.2. The number of carbonyl (C=O) groups is 4. The first-order valence-corrected chi connectivity index (χ1v) is 17.1. The van der Waals surface area contributed by atoms with Crippen LogP contribution in [0, 0.1) is 0 Å². The van der Waals surface area contributed by atoms with Crippen molar-refractivity contribution < 1.29 is 42.5 Å². The van der Waals surface area contributed by atoms with Gasteiger partial charge in [-0.15, -0.1) is 0 Å². The number of hydrogen-bond donors (Lipinski definition) is 4. The van der Waals surface area contributed by atoms with Crippen LogP contribution in [0.25, 0.3) is 10.9 Å². The van der Waals surface area contributed by atoms with Crippen LogP contribution >= 0.6 is 8.38 Å². The average molecular weight is 703 g/mol. The summed E-state index contributed by atoms with van der Waals surface area (Å²) in [4.78, 5) is 81.8. The molecule has 16 heteroatoms. The van der Waals surface area contributed by atoms with Gasteiger partial charge in [-0.1, -0.05) is 6.07 Å². The first-order chi connectivity index (χ1) is 23.2. The summed E-state index contributed by atoms with van der Waals surface area (Å²) in [7, 11) is 1.97. The Bertz CT molecular complexity index is 1700. The molecular formula is C33H41F2N6O7P. The fourth-order valence-electron chi connectivity index (χ4n) is 6.27. The highest BCUT2D eigenvalue weighted by Crippen LogP contribution is 2.52. The maximum atomic E-state index is 14.2. The molecule has 2 fully saturated rings. The summed E-state index contributed by atoms with van der Waals surface area (Å²) >= 11 is 0. The number of rotatable bonds is 10. The largest absolute Gasteiger partial charge is 0.492 e. The molecule has 0 bridgehead atoms. The lowest BCUT2D eigenvalue weighted by Crippen LogP contribution is -2.61. The fraction of sp³-hybridized carbons (Fsp3) is 0.455. The van der Waals surface area contributed by atoms with Crippen molar-refractivity contribution in [2.45, 2.75) is 50.0 Å². The summed E-state index contributed by atoms with van der Waals surface area (Å²) in [6, 6.07) is 9.47. The fourth-order valence-corrected chi connectivity index (χ4v) is 6.64. The predicted molar refractivity (Wildman–Crippen MR) is 179 cm³/mol. The SMILES string of the molecule is CC(=O)N1CC[C@H]2CC[C@@H](C(=O)N(C)c3ccc(OCCN(C)C)cc3)N2C(=O)[C@@H](NC(=O)c2cc3cc(C(F)(F)P(O)O)ccc3[nH]2)C1. The smallest absolute Gasteiger partial charge is 0.339 e. The number of benzene rings is 2. The lowest BCUT2D eigenvalue weighted by molar-refractivity contribution is -0.144. The Morgan fingerprint density at radius 3 is 2.43 bits per heavy atom. The number of hydrogen-bond acceptors (Lipinski definition) is 8. The second-order valence-electron chi connectivity index (χ2n) is 12.6. The van der Waals surface area contributed by atoms with Crippen molar-refractivity contribution >= 4 is 48.6 Å². The zero-order valence-corrected chi connectivity index (χ0v) is 28.6. The van der Waals surface area contributed by atoms with E-state index in [1.54, 1.807) is 36.2 Å². The highest BCUT2D eigenvalue weighted by molar-refractivity contribution is 7.46. The summed E-state index contributed by atoms with van der Waals surface area (Å²) in [6.45, 7) is 2.84. The van der Waals surface area contributed by atoms with E-state index in [0.29, 0.717) is 49.4 Å². The number of aromatic amines is 1. The molecule has 3 atom stereocenters. The molecule has 0 spiro atoms. The zero-order valence-electron chi connectivity index (χ0n) is 27.7. The minimum atomic E-state index is -3.87. The van der Waals surface area contributed by atoms with Crippen LogP contribution in [-0.2, 0) is 20.0 Å². The number of alkyl halides is 2. The minimum Gasteiger partial charge on any atom is -0.492 e. The van der Waals surface area contributed by atoms with Gasteiger partial charge in [-0.2, -0.15) is 8.78 Å². The van der Waals surface area contributed by atoms with Crippen molar-refractivity contribution in [2.24, 2.45) is 0 Å². The van der Waals surface area contributed by atoms with Crippen molar-refractivity contribution in [1.82, 2.24) is 25.0 Å². The average Bonchev–Trinajstić information content (AvgIpc) is 3.68. The molecule has 0 unspecified atom stereocenters. The van der Waals surface area contributed by atoms with Gasteiger partial charge < -0.3 is 44.4 Å². The number of amides is 4. The number of H-pyrrole nitrogens is 1. The van der Waals surface area contributed by atoms with Crippen LogP contribution in [0.15, 0.2) is 48.5 Å². The van der Waals surface area contributed by atoms with Crippen LogP contribution in [-0.4, -0.2) is 119 Å². The second-order valence-corrected chi connectivity index (χ2v) is 13.8. The van der Waals surface area contributed by atoms with E-state index in [4.69, 9.17) is 4.74 Å². The van der Waals surface area contributed by atoms with Crippen LogP contribution in [0.1, 0.15) is 42.2 Å². The Balaban J connectivity index is 1.35. The van der Waals surface area contributed by atoms with Crippen LogP contribution < -0.4 is 15.0 Å². The van der Waals surface area contributed by atoms with E-state index in [2.05, 4.69) is 10.3 Å². The number of ether oxygens (including phenoxy) is 1. The minimum absolute atomic E-state index is 0.0329. The summed E-state index contributed by atoms with van der Waals surface area (Å²) in [5.74, 6) is -1.12. The first-order valence-electron chi connectivity index (χ1n) is 15.9. The maximum Gasteiger partial charge on any atom is 0.339 e. The summed E-state index contributed by atoms with van der Waals surface area (Å²) in [5, 5.41) is 2.92. The Labute approximate surface area is 283 Å². The lowest BCUT2D eigenvalue weighted by Gasteiger charge is -2.39. The number of nitrogens with zero attached hydrogens (tertiary/aromatic N) is 4. The molecule has 264 valence electrons. The van der Waals surface area contributed by atoms with Gasteiger partial charge in [0.1, 0.15) is 30.1 Å². The van der Waals surface area contributed by atoms with Crippen molar-refractivity contribution in [3.63, 3.8) is 0 Å². The van der Waals surface area contributed by atoms with Crippen LogP contribution in [0.2, 0.25) is 0 Å². The van der Waals surface area contributed by atoms with Gasteiger partial charge in [0.05, 0.1) is 0 Å². The van der Waals surface area contributed by atoms with E-state index in [1.807, 2.05) is 19.0 Å². The third kappa shape index (κ3) is 7.85. The highest BCUT2D eigenvalue weighted by atomic mass is 31.2. The zero-order chi connectivity index (χ0) is 35.6. The van der Waals surface area contributed by atoms with E-state index >= 15 is 0 Å². The monoisotopic (exact) mass is 702 g/mol. The number of fused-ring (bicyclic) bond motifs is 2. The molecular weight excluding hydrogens is 661 g/mol. The van der Waals surface area contributed by atoms with Crippen molar-refractivity contribution in [2.75, 3.05) is 52.3 Å². The molecule has 2 aliphatic heterocycles. The first kappa shape index (κ1) is 36.1. The quantitative estimate of drug-likeness (QED) is 0.235. The van der Waals surface area contributed by atoms with Gasteiger partial charge in [-0.05, 0) is 75.8 Å². The van der Waals surface area contributed by atoms with Crippen molar-refractivity contribution in [1.29, 1.82) is 0 Å². The molecule has 0 aliphatic carbocycles. The number of halogens is 2. The molecule has 13 nitrogen and oxygen atoms in total. The summed E-state index contributed by atoms with van der Waals surface area (Å²) in [5.41, 5.74) is -3.58. The molecule has 5 rings (SSSR count).